The highest BCUT2D eigenvalue weighted by atomic mass is 19.1. The maximum atomic E-state index is 13.0. The summed E-state index contributed by atoms with van der Waals surface area (Å²) in [5.74, 6) is 0.143. The Morgan fingerprint density at radius 2 is 1.83 bits per heavy atom. The van der Waals surface area contributed by atoms with Gasteiger partial charge in [0, 0.05) is 5.69 Å². The molecule has 3 nitrogen and oxygen atoms in total. The predicted molar refractivity (Wildman–Crippen MR) is 70.2 cm³/mol. The van der Waals surface area contributed by atoms with Gasteiger partial charge in [-0.05, 0) is 42.8 Å². The number of rotatable bonds is 1. The smallest absolute Gasteiger partial charge is 0.205 e. The highest BCUT2D eigenvalue weighted by Crippen LogP contribution is 2.25. The molecular formula is C14H12FN3. The van der Waals surface area contributed by atoms with E-state index in [4.69, 9.17) is 5.73 Å². The van der Waals surface area contributed by atoms with Crippen molar-refractivity contribution < 1.29 is 4.39 Å². The van der Waals surface area contributed by atoms with E-state index in [2.05, 4.69) is 4.98 Å². The Bertz CT molecular complexity index is 714. The minimum atomic E-state index is -0.265. The molecule has 0 bridgehead atoms. The lowest BCUT2D eigenvalue weighted by molar-refractivity contribution is 0.627. The summed E-state index contributed by atoms with van der Waals surface area (Å²) < 4.78 is 14.8. The number of para-hydroxylation sites is 1. The Hall–Kier alpha value is -2.36. The minimum Gasteiger partial charge on any atom is -0.369 e. The second kappa shape index (κ2) is 3.84. The zero-order valence-corrected chi connectivity index (χ0v) is 9.89. The molecule has 0 unspecified atom stereocenters. The van der Waals surface area contributed by atoms with Crippen molar-refractivity contribution in [3.63, 3.8) is 0 Å². The fourth-order valence-corrected chi connectivity index (χ4v) is 2.16. The SMILES string of the molecule is Cc1cccc2nc(N)n(-c3ccc(F)cc3)c12. The number of nitrogens with two attached hydrogens (primary N) is 1. The minimum absolute atomic E-state index is 0.265. The van der Waals surface area contributed by atoms with Crippen LogP contribution < -0.4 is 5.73 Å². The number of imidazole rings is 1. The molecule has 4 heteroatoms. The number of anilines is 1. The van der Waals surface area contributed by atoms with E-state index >= 15 is 0 Å². The summed E-state index contributed by atoms with van der Waals surface area (Å²) in [4.78, 5) is 4.32. The molecular weight excluding hydrogens is 229 g/mol. The summed E-state index contributed by atoms with van der Waals surface area (Å²) in [6.07, 6.45) is 0. The Kier molecular flexibility index (Phi) is 2.30. The summed E-state index contributed by atoms with van der Waals surface area (Å²) >= 11 is 0. The molecule has 1 heterocycles. The summed E-state index contributed by atoms with van der Waals surface area (Å²) in [5.41, 5.74) is 9.65. The van der Waals surface area contributed by atoms with Crippen molar-refractivity contribution in [1.29, 1.82) is 0 Å². The van der Waals surface area contributed by atoms with Crippen molar-refractivity contribution in [1.82, 2.24) is 9.55 Å². The van der Waals surface area contributed by atoms with Gasteiger partial charge in [-0.1, -0.05) is 12.1 Å². The van der Waals surface area contributed by atoms with Gasteiger partial charge in [-0.25, -0.2) is 9.37 Å². The number of hydrogen-bond acceptors (Lipinski definition) is 2. The van der Waals surface area contributed by atoms with Gasteiger partial charge in [-0.15, -0.1) is 0 Å². The molecule has 0 atom stereocenters. The number of benzene rings is 2. The molecule has 2 aromatic carbocycles. The van der Waals surface area contributed by atoms with E-state index in [0.29, 0.717) is 5.95 Å². The summed E-state index contributed by atoms with van der Waals surface area (Å²) in [6.45, 7) is 2.00. The van der Waals surface area contributed by atoms with Crippen LogP contribution in [0.1, 0.15) is 5.56 Å². The number of halogens is 1. The van der Waals surface area contributed by atoms with Crippen molar-refractivity contribution in [2.45, 2.75) is 6.92 Å². The molecule has 0 aliphatic carbocycles. The molecule has 0 saturated carbocycles. The van der Waals surface area contributed by atoms with Gasteiger partial charge in [0.25, 0.3) is 0 Å². The van der Waals surface area contributed by atoms with Crippen molar-refractivity contribution in [3.8, 4) is 5.69 Å². The van der Waals surface area contributed by atoms with Crippen LogP contribution in [0.3, 0.4) is 0 Å². The van der Waals surface area contributed by atoms with Gasteiger partial charge in [0.2, 0.25) is 5.95 Å². The molecule has 90 valence electrons. The van der Waals surface area contributed by atoms with E-state index in [-0.39, 0.29) is 5.82 Å². The lowest BCUT2D eigenvalue weighted by atomic mass is 10.2. The molecule has 3 rings (SSSR count). The van der Waals surface area contributed by atoms with Crippen LogP contribution in [-0.2, 0) is 0 Å². The monoisotopic (exact) mass is 241 g/mol. The van der Waals surface area contributed by atoms with E-state index in [9.17, 15) is 4.39 Å². The third kappa shape index (κ3) is 1.54. The fourth-order valence-electron chi connectivity index (χ4n) is 2.16. The zero-order valence-electron chi connectivity index (χ0n) is 9.89. The molecule has 0 spiro atoms. The second-order valence-corrected chi connectivity index (χ2v) is 4.22. The van der Waals surface area contributed by atoms with Crippen molar-refractivity contribution >= 4 is 17.0 Å². The van der Waals surface area contributed by atoms with Gasteiger partial charge < -0.3 is 5.73 Å². The van der Waals surface area contributed by atoms with Crippen LogP contribution in [0, 0.1) is 12.7 Å². The standard InChI is InChI=1S/C14H12FN3/c1-9-3-2-4-12-13(9)18(14(16)17-12)11-7-5-10(15)6-8-11/h2-8H,1H3,(H2,16,17). The topological polar surface area (TPSA) is 43.8 Å². The molecule has 0 aliphatic heterocycles. The van der Waals surface area contributed by atoms with Gasteiger partial charge in [0.15, 0.2) is 0 Å². The van der Waals surface area contributed by atoms with Crippen molar-refractivity contribution in [3.05, 3.63) is 53.8 Å². The van der Waals surface area contributed by atoms with Gasteiger partial charge in [0.05, 0.1) is 11.0 Å². The Morgan fingerprint density at radius 3 is 2.56 bits per heavy atom. The maximum Gasteiger partial charge on any atom is 0.205 e. The van der Waals surface area contributed by atoms with E-state index in [0.717, 1.165) is 22.3 Å². The first-order valence-corrected chi connectivity index (χ1v) is 5.66. The number of hydrogen-bond donors (Lipinski definition) is 1. The third-order valence-electron chi connectivity index (χ3n) is 2.99. The van der Waals surface area contributed by atoms with Gasteiger partial charge in [-0.3, -0.25) is 4.57 Å². The molecule has 0 fully saturated rings. The molecule has 2 N–H and O–H groups in total. The molecule has 0 saturated heterocycles. The van der Waals surface area contributed by atoms with E-state index in [1.807, 2.05) is 29.7 Å². The summed E-state index contributed by atoms with van der Waals surface area (Å²) in [5, 5.41) is 0. The van der Waals surface area contributed by atoms with Crippen molar-refractivity contribution in [2.75, 3.05) is 5.73 Å². The van der Waals surface area contributed by atoms with Gasteiger partial charge >= 0.3 is 0 Å². The van der Waals surface area contributed by atoms with Crippen LogP contribution in [0.15, 0.2) is 42.5 Å². The molecule has 0 aliphatic rings. The highest BCUT2D eigenvalue weighted by molar-refractivity contribution is 5.83. The number of nitrogens with zero attached hydrogens (tertiary/aromatic N) is 2. The Balaban J connectivity index is 2.34. The first-order valence-electron chi connectivity index (χ1n) is 5.66. The summed E-state index contributed by atoms with van der Waals surface area (Å²) in [6, 6.07) is 12.1. The number of fused-ring (bicyclic) bond motifs is 1. The number of aromatic nitrogens is 2. The van der Waals surface area contributed by atoms with Gasteiger partial charge in [-0.2, -0.15) is 0 Å². The molecule has 1 aromatic heterocycles. The van der Waals surface area contributed by atoms with Crippen LogP contribution in [0.25, 0.3) is 16.7 Å². The van der Waals surface area contributed by atoms with Crippen molar-refractivity contribution in [2.24, 2.45) is 0 Å². The number of nitrogen functional groups attached to an aromatic ring is 1. The average Bonchev–Trinajstić information content (AvgIpc) is 2.68. The lowest BCUT2D eigenvalue weighted by Crippen LogP contribution is -2.01. The summed E-state index contributed by atoms with van der Waals surface area (Å²) in [7, 11) is 0. The second-order valence-electron chi connectivity index (χ2n) is 4.22. The van der Waals surface area contributed by atoms with Crippen LogP contribution in [0.2, 0.25) is 0 Å². The van der Waals surface area contributed by atoms with Crippen LogP contribution >= 0.6 is 0 Å². The largest absolute Gasteiger partial charge is 0.369 e. The van der Waals surface area contributed by atoms with Crippen LogP contribution in [-0.4, -0.2) is 9.55 Å². The molecule has 0 amide bonds. The Labute approximate surface area is 104 Å². The molecule has 18 heavy (non-hydrogen) atoms. The van der Waals surface area contributed by atoms with E-state index in [1.165, 1.54) is 12.1 Å². The van der Waals surface area contributed by atoms with Crippen LogP contribution in [0.4, 0.5) is 10.3 Å². The fraction of sp³-hybridized carbons (Fsp3) is 0.0714. The zero-order chi connectivity index (χ0) is 12.7. The lowest BCUT2D eigenvalue weighted by Gasteiger charge is -2.07. The first-order chi connectivity index (χ1) is 8.66. The highest BCUT2D eigenvalue weighted by Gasteiger charge is 2.11. The van der Waals surface area contributed by atoms with E-state index < -0.39 is 0 Å². The van der Waals surface area contributed by atoms with E-state index in [1.54, 1.807) is 12.1 Å². The normalized spacial score (nSPS) is 11.0. The average molecular weight is 241 g/mol. The molecule has 3 aromatic rings. The predicted octanol–water partition coefficient (Wildman–Crippen LogP) is 3.06. The molecule has 0 radical (unpaired) electrons. The van der Waals surface area contributed by atoms with Crippen LogP contribution in [0.5, 0.6) is 0 Å². The quantitative estimate of drug-likeness (QED) is 0.711. The first kappa shape index (κ1) is 10.8. The third-order valence-corrected chi connectivity index (χ3v) is 2.99. The number of aryl methyl sites for hydroxylation is 1. The van der Waals surface area contributed by atoms with Gasteiger partial charge in [0.1, 0.15) is 5.82 Å². The maximum absolute atomic E-state index is 13.0. The Morgan fingerprint density at radius 1 is 1.11 bits per heavy atom.